The van der Waals surface area contributed by atoms with E-state index in [1.807, 2.05) is 0 Å². The average Bonchev–Trinajstić information content (AvgIpc) is 3.07. The summed E-state index contributed by atoms with van der Waals surface area (Å²) in [7, 11) is 1.45. The molecule has 0 aliphatic rings. The number of rotatable bonds is 21. The van der Waals surface area contributed by atoms with E-state index in [-0.39, 0.29) is 48.0 Å². The SMILES string of the molecule is CNC(=O)S/C(C=O)=C\c1ccc(/C=C/C(=O)NC(CCCN=C(N)N)C(=O)NCC(=O)NC(CCCN=C(N)N)C(=O)NCC(N)=O)cc1. The number of carbonyl (C=O) groups excluding carboxylic acids is 7. The second-order valence-electron chi connectivity index (χ2n) is 10.3. The van der Waals surface area contributed by atoms with Crippen LogP contribution in [0.5, 0.6) is 0 Å². The van der Waals surface area contributed by atoms with Crippen LogP contribution in [-0.2, 0) is 28.8 Å². The van der Waals surface area contributed by atoms with Gasteiger partial charge in [-0.25, -0.2) is 0 Å². The normalized spacial score (nSPS) is 12.1. The van der Waals surface area contributed by atoms with E-state index in [9.17, 15) is 33.6 Å². The summed E-state index contributed by atoms with van der Waals surface area (Å²) in [4.78, 5) is 92.8. The maximum absolute atomic E-state index is 13.1. The quantitative estimate of drug-likeness (QED) is 0.0201. The molecule has 0 aromatic heterocycles. The Morgan fingerprint density at radius 2 is 1.30 bits per heavy atom. The van der Waals surface area contributed by atoms with Gasteiger partial charge in [0.25, 0.3) is 5.24 Å². The van der Waals surface area contributed by atoms with Gasteiger partial charge < -0.3 is 55.3 Å². The van der Waals surface area contributed by atoms with Gasteiger partial charge in [0.1, 0.15) is 12.1 Å². The fourth-order valence-corrected chi connectivity index (χ4v) is 4.44. The number of nitrogens with two attached hydrogens (primary N) is 5. The molecule has 0 saturated heterocycles. The van der Waals surface area contributed by atoms with Gasteiger partial charge in [0.05, 0.1) is 18.0 Å². The molecule has 20 heteroatoms. The van der Waals surface area contributed by atoms with Gasteiger partial charge in [-0.3, -0.25) is 43.5 Å². The molecule has 50 heavy (non-hydrogen) atoms. The number of aldehydes is 1. The summed E-state index contributed by atoms with van der Waals surface area (Å²) in [5.41, 5.74) is 27.7. The molecule has 0 fully saturated rings. The zero-order valence-electron chi connectivity index (χ0n) is 27.5. The fourth-order valence-electron chi connectivity index (χ4n) is 3.88. The standard InChI is InChI=1S/C30H44N12O7S/c1-36-30(49)50-20(17-43)14-19-8-6-18(7-9-19)10-11-24(45)41-21(4-2-12-37-28(32)33)27(48)40-16-25(46)42-22(5-3-13-38-29(34)35)26(47)39-15-23(31)44/h6-11,14,17,21-22H,2-5,12-13,15-16H2,1H3,(H2,31,44)(H,36,49)(H,39,47)(H,40,48)(H,41,45)(H,42,46)(H4,32,33,37)(H4,34,35,38)/b11-10+,20-14-. The lowest BCUT2D eigenvalue weighted by Crippen LogP contribution is -2.52. The Bertz CT molecular complexity index is 1470. The van der Waals surface area contributed by atoms with Gasteiger partial charge in [0, 0.05) is 26.2 Å². The lowest BCUT2D eigenvalue weighted by Gasteiger charge is -2.20. The van der Waals surface area contributed by atoms with Gasteiger partial charge in [-0.2, -0.15) is 0 Å². The largest absolute Gasteiger partial charge is 0.370 e. The average molecular weight is 717 g/mol. The minimum Gasteiger partial charge on any atom is -0.370 e. The third-order valence-electron chi connectivity index (χ3n) is 6.24. The number of benzene rings is 1. The van der Waals surface area contributed by atoms with Crippen molar-refractivity contribution in [2.75, 3.05) is 33.2 Å². The second-order valence-corrected chi connectivity index (χ2v) is 11.3. The van der Waals surface area contributed by atoms with Crippen molar-refractivity contribution < 1.29 is 33.6 Å². The van der Waals surface area contributed by atoms with Crippen molar-refractivity contribution in [1.29, 1.82) is 0 Å². The Morgan fingerprint density at radius 3 is 1.80 bits per heavy atom. The van der Waals surface area contributed by atoms with Crippen LogP contribution in [0.15, 0.2) is 45.2 Å². The number of hydrogen-bond acceptors (Lipinski definition) is 10. The highest BCUT2D eigenvalue weighted by Gasteiger charge is 2.23. The molecule has 6 amide bonds. The maximum Gasteiger partial charge on any atom is 0.283 e. The summed E-state index contributed by atoms with van der Waals surface area (Å²) < 4.78 is 0. The molecule has 0 saturated carbocycles. The Labute approximate surface area is 292 Å². The third-order valence-corrected chi connectivity index (χ3v) is 7.08. The van der Waals surface area contributed by atoms with E-state index in [4.69, 9.17) is 28.7 Å². The van der Waals surface area contributed by atoms with E-state index in [1.54, 1.807) is 24.3 Å². The van der Waals surface area contributed by atoms with Gasteiger partial charge in [-0.05, 0) is 60.7 Å². The van der Waals surface area contributed by atoms with Gasteiger partial charge in [0.15, 0.2) is 18.2 Å². The molecule has 0 bridgehead atoms. The van der Waals surface area contributed by atoms with Crippen LogP contribution in [0.25, 0.3) is 12.2 Å². The number of nitrogens with one attached hydrogen (secondary N) is 5. The highest BCUT2D eigenvalue weighted by Crippen LogP contribution is 2.18. The summed E-state index contributed by atoms with van der Waals surface area (Å²) in [5.74, 6) is -3.78. The van der Waals surface area contributed by atoms with E-state index in [2.05, 4.69) is 36.6 Å². The van der Waals surface area contributed by atoms with E-state index in [0.717, 1.165) is 11.8 Å². The van der Waals surface area contributed by atoms with E-state index in [0.29, 0.717) is 30.3 Å². The van der Waals surface area contributed by atoms with Gasteiger partial charge in [-0.15, -0.1) is 0 Å². The van der Waals surface area contributed by atoms with Crippen molar-refractivity contribution in [3.05, 3.63) is 46.4 Å². The van der Waals surface area contributed by atoms with Crippen molar-refractivity contribution in [1.82, 2.24) is 26.6 Å². The third kappa shape index (κ3) is 19.0. The van der Waals surface area contributed by atoms with Crippen molar-refractivity contribution in [3.63, 3.8) is 0 Å². The van der Waals surface area contributed by atoms with Crippen LogP contribution >= 0.6 is 11.8 Å². The highest BCUT2D eigenvalue weighted by atomic mass is 32.2. The zero-order valence-corrected chi connectivity index (χ0v) is 28.3. The molecule has 15 N–H and O–H groups in total. The monoisotopic (exact) mass is 716 g/mol. The molecule has 0 heterocycles. The lowest BCUT2D eigenvalue weighted by molar-refractivity contribution is -0.131. The van der Waals surface area contributed by atoms with Gasteiger partial charge in [0.2, 0.25) is 29.5 Å². The summed E-state index contributed by atoms with van der Waals surface area (Å²) in [5, 5.41) is 11.8. The number of allylic oxidation sites excluding steroid dienone is 1. The molecule has 1 rings (SSSR count). The summed E-state index contributed by atoms with van der Waals surface area (Å²) in [6, 6.07) is 4.56. The Kier molecular flexibility index (Phi) is 19.7. The van der Waals surface area contributed by atoms with Crippen LogP contribution in [0.1, 0.15) is 36.8 Å². The molecule has 1 aromatic rings. The molecule has 2 atom stereocenters. The maximum atomic E-state index is 13.1. The molecule has 0 aliphatic carbocycles. The number of nitrogens with zero attached hydrogens (tertiary/aromatic N) is 2. The van der Waals surface area contributed by atoms with E-state index >= 15 is 0 Å². The number of thioether (sulfide) groups is 1. The number of primary amides is 1. The molecule has 272 valence electrons. The molecular formula is C30H44N12O7S. The van der Waals surface area contributed by atoms with Crippen molar-refractivity contribution in [3.8, 4) is 0 Å². The van der Waals surface area contributed by atoms with Gasteiger partial charge >= 0.3 is 0 Å². The first-order valence-electron chi connectivity index (χ1n) is 15.1. The highest BCUT2D eigenvalue weighted by molar-refractivity contribution is 8.17. The first-order chi connectivity index (χ1) is 23.7. The zero-order chi connectivity index (χ0) is 37.5. The van der Waals surface area contributed by atoms with E-state index < -0.39 is 54.7 Å². The van der Waals surface area contributed by atoms with Crippen LogP contribution in [-0.4, -0.2) is 98.3 Å². The minimum absolute atomic E-state index is 0.104. The first kappa shape index (κ1) is 42.1. The Hall–Kier alpha value is -5.92. The minimum atomic E-state index is -1.09. The molecule has 2 unspecified atom stereocenters. The van der Waals surface area contributed by atoms with Crippen molar-refractivity contribution >= 4 is 76.9 Å². The van der Waals surface area contributed by atoms with Crippen molar-refractivity contribution in [2.45, 2.75) is 37.8 Å². The van der Waals surface area contributed by atoms with E-state index in [1.165, 1.54) is 25.3 Å². The number of hydrogen-bond donors (Lipinski definition) is 10. The van der Waals surface area contributed by atoms with Crippen LogP contribution in [0, 0.1) is 0 Å². The Morgan fingerprint density at radius 1 is 0.780 bits per heavy atom. The predicted molar refractivity (Wildman–Crippen MR) is 190 cm³/mol. The van der Waals surface area contributed by atoms with Crippen LogP contribution < -0.4 is 55.3 Å². The van der Waals surface area contributed by atoms with Gasteiger partial charge in [-0.1, -0.05) is 24.3 Å². The van der Waals surface area contributed by atoms with Crippen LogP contribution in [0.2, 0.25) is 0 Å². The molecule has 0 radical (unpaired) electrons. The smallest absolute Gasteiger partial charge is 0.283 e. The fraction of sp³-hybridized carbons (Fsp3) is 0.367. The Balaban J connectivity index is 2.92. The molecule has 19 nitrogen and oxygen atoms in total. The first-order valence-corrected chi connectivity index (χ1v) is 15.9. The van der Waals surface area contributed by atoms with Crippen LogP contribution in [0.3, 0.4) is 0 Å². The summed E-state index contributed by atoms with van der Waals surface area (Å²) >= 11 is 0.750. The number of amides is 6. The lowest BCUT2D eigenvalue weighted by atomic mass is 10.1. The number of guanidine groups is 2. The number of carbonyl (C=O) groups is 7. The topological polar surface area (TPSA) is 334 Å². The van der Waals surface area contributed by atoms with Crippen molar-refractivity contribution in [2.24, 2.45) is 38.7 Å². The molecular weight excluding hydrogens is 672 g/mol. The summed E-state index contributed by atoms with van der Waals surface area (Å²) in [6.07, 6.45) is 5.64. The molecule has 0 spiro atoms. The summed E-state index contributed by atoms with van der Waals surface area (Å²) in [6.45, 7) is -0.643. The second kappa shape index (κ2) is 23.4. The predicted octanol–water partition coefficient (Wildman–Crippen LogP) is -2.89. The van der Waals surface area contributed by atoms with Crippen LogP contribution in [0.4, 0.5) is 4.79 Å². The molecule has 0 aliphatic heterocycles. The molecule has 1 aromatic carbocycles. The number of aliphatic imine (C=N–C) groups is 2.